The van der Waals surface area contributed by atoms with Gasteiger partial charge in [-0.1, -0.05) is 30.3 Å². The lowest BCUT2D eigenvalue weighted by Gasteiger charge is -2.04. The maximum atomic E-state index is 12.5. The van der Waals surface area contributed by atoms with Gasteiger partial charge < -0.3 is 9.15 Å². The van der Waals surface area contributed by atoms with Crippen LogP contribution in [0.5, 0.6) is 0 Å². The molecule has 132 valence electrons. The number of benzene rings is 2. The Hall–Kier alpha value is -3.41. The summed E-state index contributed by atoms with van der Waals surface area (Å²) in [5, 5.41) is 10.9. The monoisotopic (exact) mass is 351 g/mol. The van der Waals surface area contributed by atoms with Crippen LogP contribution in [0.3, 0.4) is 0 Å². The number of nitrogens with zero attached hydrogens (tertiary/aromatic N) is 1. The second kappa shape index (κ2) is 7.23. The fourth-order valence-electron chi connectivity index (χ4n) is 2.77. The minimum atomic E-state index is -0.482. The summed E-state index contributed by atoms with van der Waals surface area (Å²) in [7, 11) is 0. The fourth-order valence-corrected chi connectivity index (χ4v) is 2.77. The normalized spacial score (nSPS) is 10.5. The molecular weight excluding hydrogens is 334 g/mol. The summed E-state index contributed by atoms with van der Waals surface area (Å²) in [5.41, 5.74) is 2.38. The lowest BCUT2D eigenvalue weighted by Crippen LogP contribution is -2.06. The van der Waals surface area contributed by atoms with Gasteiger partial charge in [-0.05, 0) is 26.0 Å². The average Bonchev–Trinajstić information content (AvgIpc) is 3.00. The quantitative estimate of drug-likeness (QED) is 0.367. The van der Waals surface area contributed by atoms with Crippen LogP contribution >= 0.6 is 0 Å². The number of carbonyl (C=O) groups is 1. The standard InChI is InChI=1S/C20H17NO5/c1-3-25-20(22)17-13(2)18(14-7-5-4-6-8-14)26-19(17)15-9-11-16(12-10-15)21(23)24/h4-12H,3H2,1-2H3. The molecule has 0 saturated heterocycles. The average molecular weight is 351 g/mol. The van der Waals surface area contributed by atoms with Gasteiger partial charge in [-0.25, -0.2) is 4.79 Å². The number of rotatable bonds is 5. The van der Waals surface area contributed by atoms with E-state index in [1.807, 2.05) is 30.3 Å². The molecule has 0 amide bonds. The second-order valence-corrected chi connectivity index (χ2v) is 5.65. The molecule has 0 N–H and O–H groups in total. The van der Waals surface area contributed by atoms with Crippen LogP contribution in [0.2, 0.25) is 0 Å². The second-order valence-electron chi connectivity index (χ2n) is 5.65. The highest BCUT2D eigenvalue weighted by atomic mass is 16.6. The van der Waals surface area contributed by atoms with Crippen LogP contribution < -0.4 is 0 Å². The lowest BCUT2D eigenvalue weighted by molar-refractivity contribution is -0.384. The molecule has 6 nitrogen and oxygen atoms in total. The molecule has 0 aliphatic heterocycles. The summed E-state index contributed by atoms with van der Waals surface area (Å²) in [6, 6.07) is 15.3. The minimum Gasteiger partial charge on any atom is -0.462 e. The number of esters is 1. The van der Waals surface area contributed by atoms with E-state index in [0.29, 0.717) is 28.2 Å². The molecule has 0 saturated carbocycles. The Bertz CT molecular complexity index is 942. The first-order valence-electron chi connectivity index (χ1n) is 8.13. The lowest BCUT2D eigenvalue weighted by atomic mass is 10.0. The van der Waals surface area contributed by atoms with Gasteiger partial charge in [0.2, 0.25) is 0 Å². The van der Waals surface area contributed by atoms with Crippen molar-refractivity contribution in [3.63, 3.8) is 0 Å². The number of hydrogen-bond acceptors (Lipinski definition) is 5. The van der Waals surface area contributed by atoms with Gasteiger partial charge in [0.15, 0.2) is 0 Å². The van der Waals surface area contributed by atoms with Crippen molar-refractivity contribution in [2.75, 3.05) is 6.61 Å². The first-order chi connectivity index (χ1) is 12.5. The SMILES string of the molecule is CCOC(=O)c1c(-c2ccc([N+](=O)[O-])cc2)oc(-c2ccccc2)c1C. The molecule has 0 fully saturated rings. The molecule has 6 heteroatoms. The van der Waals surface area contributed by atoms with E-state index in [-0.39, 0.29) is 12.3 Å². The van der Waals surface area contributed by atoms with Crippen molar-refractivity contribution in [1.82, 2.24) is 0 Å². The Morgan fingerprint density at radius 2 is 1.65 bits per heavy atom. The molecule has 1 aromatic heterocycles. The molecule has 0 atom stereocenters. The van der Waals surface area contributed by atoms with Gasteiger partial charge in [0.25, 0.3) is 5.69 Å². The number of furan rings is 1. The Morgan fingerprint density at radius 1 is 1.04 bits per heavy atom. The predicted octanol–water partition coefficient (Wildman–Crippen LogP) is 5.01. The van der Waals surface area contributed by atoms with Crippen molar-refractivity contribution < 1.29 is 18.9 Å². The zero-order valence-corrected chi connectivity index (χ0v) is 14.4. The van der Waals surface area contributed by atoms with E-state index >= 15 is 0 Å². The maximum Gasteiger partial charge on any atom is 0.342 e. The minimum absolute atomic E-state index is 0.0296. The number of nitro benzene ring substituents is 1. The van der Waals surface area contributed by atoms with Crippen LogP contribution in [0.1, 0.15) is 22.8 Å². The number of hydrogen-bond donors (Lipinski definition) is 0. The van der Waals surface area contributed by atoms with Gasteiger partial charge in [-0.2, -0.15) is 0 Å². The van der Waals surface area contributed by atoms with E-state index in [9.17, 15) is 14.9 Å². The van der Waals surface area contributed by atoms with Crippen LogP contribution in [-0.2, 0) is 4.74 Å². The van der Waals surface area contributed by atoms with Crippen LogP contribution in [0.15, 0.2) is 59.0 Å². The van der Waals surface area contributed by atoms with E-state index in [1.54, 1.807) is 26.0 Å². The molecule has 3 aromatic rings. The van der Waals surface area contributed by atoms with Gasteiger partial charge >= 0.3 is 5.97 Å². The molecule has 0 unspecified atom stereocenters. The van der Waals surface area contributed by atoms with Gasteiger partial charge in [0, 0.05) is 28.8 Å². The smallest absolute Gasteiger partial charge is 0.342 e. The summed E-state index contributed by atoms with van der Waals surface area (Å²) < 4.78 is 11.2. The summed E-state index contributed by atoms with van der Waals surface area (Å²) in [6.07, 6.45) is 0. The van der Waals surface area contributed by atoms with Gasteiger partial charge in [-0.3, -0.25) is 10.1 Å². The van der Waals surface area contributed by atoms with E-state index < -0.39 is 10.9 Å². The third kappa shape index (κ3) is 3.21. The fraction of sp³-hybridized carbons (Fsp3) is 0.150. The molecule has 1 heterocycles. The summed E-state index contributed by atoms with van der Waals surface area (Å²) in [5.74, 6) is 0.431. The van der Waals surface area contributed by atoms with Crippen molar-refractivity contribution in [1.29, 1.82) is 0 Å². The van der Waals surface area contributed by atoms with E-state index in [4.69, 9.17) is 9.15 Å². The zero-order valence-electron chi connectivity index (χ0n) is 14.4. The van der Waals surface area contributed by atoms with Crippen LogP contribution in [0, 0.1) is 17.0 Å². The largest absolute Gasteiger partial charge is 0.462 e. The van der Waals surface area contributed by atoms with Gasteiger partial charge in [0.1, 0.15) is 17.1 Å². The molecular formula is C20H17NO5. The maximum absolute atomic E-state index is 12.5. The van der Waals surface area contributed by atoms with E-state index in [2.05, 4.69) is 0 Å². The van der Waals surface area contributed by atoms with Crippen LogP contribution in [-0.4, -0.2) is 17.5 Å². The van der Waals surface area contributed by atoms with Gasteiger partial charge in [-0.15, -0.1) is 0 Å². The Labute approximate surface area is 150 Å². The molecule has 0 radical (unpaired) electrons. The molecule has 0 aliphatic rings. The highest BCUT2D eigenvalue weighted by Gasteiger charge is 2.26. The number of ether oxygens (including phenoxy) is 1. The molecule has 2 aromatic carbocycles. The first-order valence-corrected chi connectivity index (χ1v) is 8.13. The van der Waals surface area contributed by atoms with E-state index in [0.717, 1.165) is 5.56 Å². The van der Waals surface area contributed by atoms with E-state index in [1.165, 1.54) is 12.1 Å². The van der Waals surface area contributed by atoms with Crippen molar-refractivity contribution in [3.05, 3.63) is 75.8 Å². The highest BCUT2D eigenvalue weighted by Crippen LogP contribution is 2.37. The summed E-state index contributed by atoms with van der Waals surface area (Å²) in [6.45, 7) is 3.77. The molecule has 0 spiro atoms. The third-order valence-electron chi connectivity index (χ3n) is 4.00. The Kier molecular flexibility index (Phi) is 4.84. The number of carbonyl (C=O) groups excluding carboxylic acids is 1. The molecule has 26 heavy (non-hydrogen) atoms. The Balaban J connectivity index is 2.16. The van der Waals surface area contributed by atoms with Crippen molar-refractivity contribution in [2.45, 2.75) is 13.8 Å². The third-order valence-corrected chi connectivity index (χ3v) is 4.00. The zero-order chi connectivity index (χ0) is 18.7. The number of nitro groups is 1. The topological polar surface area (TPSA) is 82.6 Å². The van der Waals surface area contributed by atoms with Crippen molar-refractivity contribution in [3.8, 4) is 22.6 Å². The van der Waals surface area contributed by atoms with Crippen molar-refractivity contribution in [2.24, 2.45) is 0 Å². The predicted molar refractivity (Wildman–Crippen MR) is 96.9 cm³/mol. The van der Waals surface area contributed by atoms with Gasteiger partial charge in [0.05, 0.1) is 11.5 Å². The van der Waals surface area contributed by atoms with Crippen molar-refractivity contribution >= 4 is 11.7 Å². The van der Waals surface area contributed by atoms with Crippen LogP contribution in [0.4, 0.5) is 5.69 Å². The first kappa shape index (κ1) is 17.4. The summed E-state index contributed by atoms with van der Waals surface area (Å²) >= 11 is 0. The molecule has 0 aliphatic carbocycles. The molecule has 0 bridgehead atoms. The molecule has 3 rings (SSSR count). The number of non-ortho nitro benzene ring substituents is 1. The highest BCUT2D eigenvalue weighted by molar-refractivity contribution is 5.99. The van der Waals surface area contributed by atoms with Crippen LogP contribution in [0.25, 0.3) is 22.6 Å². The Morgan fingerprint density at radius 3 is 2.23 bits per heavy atom. The summed E-state index contributed by atoms with van der Waals surface area (Å²) in [4.78, 5) is 22.9.